The molecule has 7 nitrogen and oxygen atoms in total. The van der Waals surface area contributed by atoms with E-state index in [4.69, 9.17) is 4.74 Å². The van der Waals surface area contributed by atoms with Gasteiger partial charge in [0.2, 0.25) is 0 Å². The molecule has 0 aliphatic carbocycles. The SMILES string of the molecule is COc1ccc(S(=O)(=O)N2CCCc3ccc(NS(=O)(=O)c4ccc(F)cc4C)cc32)cc1. The van der Waals surface area contributed by atoms with Crippen molar-refractivity contribution in [1.29, 1.82) is 0 Å². The first kappa shape index (κ1) is 23.1. The monoisotopic (exact) mass is 490 g/mol. The van der Waals surface area contributed by atoms with Gasteiger partial charge in [-0.2, -0.15) is 0 Å². The summed E-state index contributed by atoms with van der Waals surface area (Å²) < 4.78 is 74.8. The van der Waals surface area contributed by atoms with E-state index < -0.39 is 25.9 Å². The number of hydrogen-bond acceptors (Lipinski definition) is 5. The van der Waals surface area contributed by atoms with Gasteiger partial charge in [0.15, 0.2) is 0 Å². The Labute approximate surface area is 192 Å². The van der Waals surface area contributed by atoms with Crippen LogP contribution in [-0.2, 0) is 26.5 Å². The maximum absolute atomic E-state index is 13.4. The first-order chi connectivity index (χ1) is 15.6. The molecule has 3 aromatic rings. The Balaban J connectivity index is 1.70. The lowest BCUT2D eigenvalue weighted by Gasteiger charge is -2.31. The molecule has 174 valence electrons. The van der Waals surface area contributed by atoms with Gasteiger partial charge in [-0.1, -0.05) is 6.07 Å². The molecule has 0 fully saturated rings. The summed E-state index contributed by atoms with van der Waals surface area (Å²) in [5, 5.41) is 0. The first-order valence-corrected chi connectivity index (χ1v) is 13.1. The second kappa shape index (κ2) is 8.68. The van der Waals surface area contributed by atoms with Gasteiger partial charge in [-0.3, -0.25) is 9.03 Å². The third-order valence-electron chi connectivity index (χ3n) is 5.49. The van der Waals surface area contributed by atoms with Gasteiger partial charge in [0, 0.05) is 6.54 Å². The molecule has 0 bridgehead atoms. The van der Waals surface area contributed by atoms with Crippen LogP contribution >= 0.6 is 0 Å². The number of halogens is 1. The zero-order chi connectivity index (χ0) is 23.8. The molecule has 0 saturated heterocycles. The molecule has 4 rings (SSSR count). The van der Waals surface area contributed by atoms with Crippen LogP contribution in [0.3, 0.4) is 0 Å². The Hall–Kier alpha value is -3.11. The van der Waals surface area contributed by atoms with Crippen molar-refractivity contribution in [3.63, 3.8) is 0 Å². The highest BCUT2D eigenvalue weighted by Crippen LogP contribution is 2.35. The van der Waals surface area contributed by atoms with Crippen LogP contribution in [0.2, 0.25) is 0 Å². The minimum atomic E-state index is -4.00. The largest absolute Gasteiger partial charge is 0.497 e. The van der Waals surface area contributed by atoms with Crippen molar-refractivity contribution < 1.29 is 26.0 Å². The smallest absolute Gasteiger partial charge is 0.264 e. The van der Waals surface area contributed by atoms with Crippen LogP contribution in [0.25, 0.3) is 0 Å². The van der Waals surface area contributed by atoms with Gasteiger partial charge in [-0.15, -0.1) is 0 Å². The fourth-order valence-electron chi connectivity index (χ4n) is 3.85. The Kier molecular flexibility index (Phi) is 6.06. The van der Waals surface area contributed by atoms with Crippen LogP contribution in [-0.4, -0.2) is 30.5 Å². The van der Waals surface area contributed by atoms with E-state index in [9.17, 15) is 21.2 Å². The molecule has 1 aliphatic rings. The molecular weight excluding hydrogens is 467 g/mol. The molecule has 1 N–H and O–H groups in total. The van der Waals surface area contributed by atoms with Gasteiger partial charge in [0.25, 0.3) is 20.0 Å². The minimum absolute atomic E-state index is 0.0515. The van der Waals surface area contributed by atoms with Crippen LogP contribution in [0.1, 0.15) is 17.5 Å². The van der Waals surface area contributed by atoms with E-state index >= 15 is 0 Å². The average Bonchev–Trinajstić information content (AvgIpc) is 2.78. The molecule has 1 aliphatic heterocycles. The third-order valence-corrected chi connectivity index (χ3v) is 8.86. The fourth-order valence-corrected chi connectivity index (χ4v) is 6.66. The highest BCUT2D eigenvalue weighted by Gasteiger charge is 2.30. The van der Waals surface area contributed by atoms with Crippen molar-refractivity contribution in [2.24, 2.45) is 0 Å². The second-order valence-electron chi connectivity index (χ2n) is 7.72. The maximum atomic E-state index is 13.4. The number of methoxy groups -OCH3 is 1. The van der Waals surface area contributed by atoms with Crippen molar-refractivity contribution in [2.45, 2.75) is 29.6 Å². The van der Waals surface area contributed by atoms with Gasteiger partial charge < -0.3 is 4.74 Å². The van der Waals surface area contributed by atoms with Gasteiger partial charge in [-0.05, 0) is 85.5 Å². The average molecular weight is 491 g/mol. The summed E-state index contributed by atoms with van der Waals surface area (Å²) in [5.41, 5.74) is 1.71. The maximum Gasteiger partial charge on any atom is 0.264 e. The van der Waals surface area contributed by atoms with Crippen LogP contribution in [0.4, 0.5) is 15.8 Å². The van der Waals surface area contributed by atoms with E-state index in [0.717, 1.165) is 17.7 Å². The molecule has 0 spiro atoms. The molecule has 33 heavy (non-hydrogen) atoms. The van der Waals surface area contributed by atoms with E-state index in [0.29, 0.717) is 24.3 Å². The number of nitrogens with one attached hydrogen (secondary N) is 1. The Morgan fingerprint density at radius 2 is 1.70 bits per heavy atom. The lowest BCUT2D eigenvalue weighted by atomic mass is 10.0. The number of sulfonamides is 2. The number of rotatable bonds is 6. The van der Waals surface area contributed by atoms with Crippen molar-refractivity contribution in [3.05, 3.63) is 77.6 Å². The Morgan fingerprint density at radius 1 is 0.970 bits per heavy atom. The predicted octanol–water partition coefficient (Wildman–Crippen LogP) is 4.09. The van der Waals surface area contributed by atoms with E-state index in [1.807, 2.05) is 0 Å². The summed E-state index contributed by atoms with van der Waals surface area (Å²) in [4.78, 5) is 0.0633. The lowest BCUT2D eigenvalue weighted by molar-refractivity contribution is 0.414. The molecule has 0 unspecified atom stereocenters. The molecular formula is C23H23FN2O5S2. The van der Waals surface area contributed by atoms with Crippen LogP contribution in [0.5, 0.6) is 5.75 Å². The molecule has 0 radical (unpaired) electrons. The molecule has 0 aromatic heterocycles. The van der Waals surface area contributed by atoms with Gasteiger partial charge in [0.1, 0.15) is 11.6 Å². The summed E-state index contributed by atoms with van der Waals surface area (Å²) in [6.07, 6.45) is 1.32. The van der Waals surface area contributed by atoms with E-state index in [1.165, 1.54) is 42.6 Å². The van der Waals surface area contributed by atoms with Crippen molar-refractivity contribution in [2.75, 3.05) is 22.7 Å². The van der Waals surface area contributed by atoms with Gasteiger partial charge in [-0.25, -0.2) is 21.2 Å². The van der Waals surface area contributed by atoms with Crippen molar-refractivity contribution >= 4 is 31.4 Å². The minimum Gasteiger partial charge on any atom is -0.497 e. The molecule has 1 heterocycles. The van der Waals surface area contributed by atoms with Crippen LogP contribution in [0, 0.1) is 12.7 Å². The predicted molar refractivity (Wildman–Crippen MR) is 124 cm³/mol. The third kappa shape index (κ3) is 4.53. The number of anilines is 2. The van der Waals surface area contributed by atoms with Gasteiger partial charge in [0.05, 0.1) is 28.3 Å². The van der Waals surface area contributed by atoms with Crippen molar-refractivity contribution in [3.8, 4) is 5.75 Å². The number of aryl methyl sites for hydroxylation is 2. The number of benzene rings is 3. The number of fused-ring (bicyclic) bond motifs is 1. The van der Waals surface area contributed by atoms with Gasteiger partial charge >= 0.3 is 0 Å². The summed E-state index contributed by atoms with van der Waals surface area (Å²) in [6, 6.07) is 14.4. The lowest BCUT2D eigenvalue weighted by Crippen LogP contribution is -2.35. The van der Waals surface area contributed by atoms with Crippen molar-refractivity contribution in [1.82, 2.24) is 0 Å². The zero-order valence-electron chi connectivity index (χ0n) is 18.1. The molecule has 10 heteroatoms. The number of ether oxygens (including phenoxy) is 1. The highest BCUT2D eigenvalue weighted by molar-refractivity contribution is 7.93. The molecule has 3 aromatic carbocycles. The molecule has 0 amide bonds. The fraction of sp³-hybridized carbons (Fsp3) is 0.217. The summed E-state index contributed by atoms with van der Waals surface area (Å²) in [6.45, 7) is 1.78. The summed E-state index contributed by atoms with van der Waals surface area (Å²) in [5.74, 6) is 0.0142. The quantitative estimate of drug-likeness (QED) is 0.562. The molecule has 0 atom stereocenters. The Morgan fingerprint density at radius 3 is 2.36 bits per heavy atom. The topological polar surface area (TPSA) is 92.8 Å². The number of hydrogen-bond donors (Lipinski definition) is 1. The summed E-state index contributed by atoms with van der Waals surface area (Å²) in [7, 11) is -6.36. The first-order valence-electron chi connectivity index (χ1n) is 10.2. The van der Waals surface area contributed by atoms with Crippen LogP contribution in [0.15, 0.2) is 70.5 Å². The molecule has 0 saturated carbocycles. The summed E-state index contributed by atoms with van der Waals surface area (Å²) >= 11 is 0. The van der Waals surface area contributed by atoms with E-state index in [1.54, 1.807) is 24.3 Å². The highest BCUT2D eigenvalue weighted by atomic mass is 32.2. The number of nitrogens with zero attached hydrogens (tertiary/aromatic N) is 1. The van der Waals surface area contributed by atoms with Crippen LogP contribution < -0.4 is 13.8 Å². The second-order valence-corrected chi connectivity index (χ2v) is 11.2. The Bertz CT molecular complexity index is 1410. The zero-order valence-corrected chi connectivity index (χ0v) is 19.7. The normalized spacial score (nSPS) is 14.0. The standard InChI is InChI=1S/C23H23FN2O5S2/c1-16-14-18(24)6-12-23(16)32(27,28)25-19-7-5-17-4-3-13-26(22(17)15-19)33(29,30)21-10-8-20(31-2)9-11-21/h5-12,14-15,25H,3-4,13H2,1-2H3. The van der Waals surface area contributed by atoms with E-state index in [-0.39, 0.29) is 27.6 Å². The van der Waals surface area contributed by atoms with E-state index in [2.05, 4.69) is 4.72 Å².